The highest BCUT2D eigenvalue weighted by Crippen LogP contribution is 2.17. The Hall–Kier alpha value is -0.980. The van der Waals surface area contributed by atoms with Crippen molar-refractivity contribution < 1.29 is 4.42 Å². The van der Waals surface area contributed by atoms with E-state index in [1.807, 2.05) is 6.07 Å². The highest BCUT2D eigenvalue weighted by molar-refractivity contribution is 5.12. The van der Waals surface area contributed by atoms with Gasteiger partial charge in [0.05, 0.1) is 6.26 Å². The third-order valence-corrected chi connectivity index (χ3v) is 4.07. The van der Waals surface area contributed by atoms with Gasteiger partial charge in [-0.25, -0.2) is 0 Å². The first kappa shape index (κ1) is 18.1. The topological polar surface area (TPSA) is 13.1 Å². The van der Waals surface area contributed by atoms with E-state index in [4.69, 9.17) is 4.42 Å². The van der Waals surface area contributed by atoms with E-state index in [1.54, 1.807) is 11.8 Å². The minimum Gasteiger partial charge on any atom is -0.469 e. The zero-order chi connectivity index (χ0) is 15.2. The Morgan fingerprint density at radius 1 is 0.952 bits per heavy atom. The van der Waals surface area contributed by atoms with E-state index in [0.29, 0.717) is 0 Å². The SMILES string of the molecule is CCCCCCCC/C=C(\CCCCC)Cc1ccco1. The van der Waals surface area contributed by atoms with Gasteiger partial charge in [-0.2, -0.15) is 0 Å². The molecule has 0 aliphatic rings. The van der Waals surface area contributed by atoms with Crippen molar-refractivity contribution in [2.45, 2.75) is 90.9 Å². The van der Waals surface area contributed by atoms with E-state index in [0.717, 1.165) is 12.2 Å². The summed E-state index contributed by atoms with van der Waals surface area (Å²) in [5, 5.41) is 0. The van der Waals surface area contributed by atoms with Gasteiger partial charge in [0.2, 0.25) is 0 Å². The lowest BCUT2D eigenvalue weighted by Gasteiger charge is -2.06. The van der Waals surface area contributed by atoms with Gasteiger partial charge in [0.1, 0.15) is 5.76 Å². The Labute approximate surface area is 131 Å². The second kappa shape index (κ2) is 12.7. The Balaban J connectivity index is 2.27. The van der Waals surface area contributed by atoms with E-state index in [2.05, 4.69) is 26.0 Å². The molecular formula is C20H34O. The Kier molecular flexibility index (Phi) is 11.0. The van der Waals surface area contributed by atoms with E-state index >= 15 is 0 Å². The van der Waals surface area contributed by atoms with Gasteiger partial charge in [0.15, 0.2) is 0 Å². The summed E-state index contributed by atoms with van der Waals surface area (Å²) < 4.78 is 5.50. The first-order chi connectivity index (χ1) is 10.4. The predicted molar refractivity (Wildman–Crippen MR) is 92.6 cm³/mol. The summed E-state index contributed by atoms with van der Waals surface area (Å²) in [5.74, 6) is 1.11. The maximum Gasteiger partial charge on any atom is 0.107 e. The van der Waals surface area contributed by atoms with Crippen molar-refractivity contribution in [2.24, 2.45) is 0 Å². The van der Waals surface area contributed by atoms with E-state index < -0.39 is 0 Å². The third-order valence-electron chi connectivity index (χ3n) is 4.07. The minimum absolute atomic E-state index is 1.01. The van der Waals surface area contributed by atoms with Crippen LogP contribution in [0, 0.1) is 0 Å². The molecule has 0 saturated heterocycles. The Bertz CT molecular complexity index is 348. The summed E-state index contributed by atoms with van der Waals surface area (Å²) in [7, 11) is 0. The largest absolute Gasteiger partial charge is 0.469 e. The summed E-state index contributed by atoms with van der Waals surface area (Å²) in [6.45, 7) is 4.55. The van der Waals surface area contributed by atoms with Gasteiger partial charge in [-0.05, 0) is 37.8 Å². The molecule has 1 heterocycles. The van der Waals surface area contributed by atoms with Gasteiger partial charge < -0.3 is 4.42 Å². The van der Waals surface area contributed by atoms with Crippen LogP contribution in [0.3, 0.4) is 0 Å². The smallest absolute Gasteiger partial charge is 0.107 e. The number of furan rings is 1. The maximum absolute atomic E-state index is 5.50. The van der Waals surface area contributed by atoms with Crippen LogP contribution in [0.4, 0.5) is 0 Å². The number of hydrogen-bond acceptors (Lipinski definition) is 1. The van der Waals surface area contributed by atoms with Crippen molar-refractivity contribution >= 4 is 0 Å². The maximum atomic E-state index is 5.50. The summed E-state index contributed by atoms with van der Waals surface area (Å²) in [6, 6.07) is 4.09. The van der Waals surface area contributed by atoms with Crippen molar-refractivity contribution in [3.8, 4) is 0 Å². The van der Waals surface area contributed by atoms with E-state index in [9.17, 15) is 0 Å². The second-order valence-corrected chi connectivity index (χ2v) is 6.13. The molecule has 1 aromatic heterocycles. The summed E-state index contributed by atoms with van der Waals surface area (Å²) in [5.41, 5.74) is 1.58. The Morgan fingerprint density at radius 2 is 1.67 bits per heavy atom. The molecule has 0 radical (unpaired) electrons. The average Bonchev–Trinajstić information content (AvgIpc) is 2.99. The van der Waals surface area contributed by atoms with Gasteiger partial charge in [-0.1, -0.05) is 70.4 Å². The van der Waals surface area contributed by atoms with Gasteiger partial charge in [0.25, 0.3) is 0 Å². The van der Waals surface area contributed by atoms with Crippen LogP contribution in [0.15, 0.2) is 34.5 Å². The molecule has 0 amide bonds. The molecule has 0 aliphatic heterocycles. The van der Waals surface area contributed by atoms with Gasteiger partial charge in [-0.3, -0.25) is 0 Å². The fourth-order valence-electron chi connectivity index (χ4n) is 2.73. The van der Waals surface area contributed by atoms with Crippen molar-refractivity contribution in [1.82, 2.24) is 0 Å². The molecule has 0 spiro atoms. The van der Waals surface area contributed by atoms with E-state index in [-0.39, 0.29) is 0 Å². The molecule has 0 unspecified atom stereocenters. The van der Waals surface area contributed by atoms with Gasteiger partial charge >= 0.3 is 0 Å². The van der Waals surface area contributed by atoms with Crippen molar-refractivity contribution in [1.29, 1.82) is 0 Å². The summed E-state index contributed by atoms with van der Waals surface area (Å²) >= 11 is 0. The molecule has 0 atom stereocenters. The zero-order valence-electron chi connectivity index (χ0n) is 14.2. The first-order valence-corrected chi connectivity index (χ1v) is 9.07. The highest BCUT2D eigenvalue weighted by Gasteiger charge is 2.02. The van der Waals surface area contributed by atoms with Crippen molar-refractivity contribution in [3.05, 3.63) is 35.8 Å². The monoisotopic (exact) mass is 290 g/mol. The van der Waals surface area contributed by atoms with E-state index in [1.165, 1.54) is 70.6 Å². The van der Waals surface area contributed by atoms with Crippen LogP contribution in [0.5, 0.6) is 0 Å². The molecule has 0 aromatic carbocycles. The van der Waals surface area contributed by atoms with Crippen LogP contribution in [0.2, 0.25) is 0 Å². The van der Waals surface area contributed by atoms with Crippen molar-refractivity contribution in [3.63, 3.8) is 0 Å². The van der Waals surface area contributed by atoms with Crippen LogP contribution in [0.1, 0.15) is 90.2 Å². The molecular weight excluding hydrogens is 256 g/mol. The third kappa shape index (κ3) is 9.55. The highest BCUT2D eigenvalue weighted by atomic mass is 16.3. The minimum atomic E-state index is 1.01. The number of hydrogen-bond donors (Lipinski definition) is 0. The summed E-state index contributed by atoms with van der Waals surface area (Å²) in [4.78, 5) is 0. The van der Waals surface area contributed by atoms with Crippen LogP contribution >= 0.6 is 0 Å². The molecule has 120 valence electrons. The quantitative estimate of drug-likeness (QED) is 0.279. The van der Waals surface area contributed by atoms with Crippen LogP contribution in [-0.4, -0.2) is 0 Å². The number of allylic oxidation sites excluding steroid dienone is 2. The second-order valence-electron chi connectivity index (χ2n) is 6.13. The molecule has 0 saturated carbocycles. The molecule has 1 heteroatoms. The molecule has 21 heavy (non-hydrogen) atoms. The standard InChI is InChI=1S/C20H34O/c1-3-5-7-8-9-10-12-15-19(14-11-6-4-2)18-20-16-13-17-21-20/h13,15-17H,3-12,14,18H2,1-2H3/b19-15+. The predicted octanol–water partition coefficient (Wildman–Crippen LogP) is 7.08. The number of unbranched alkanes of at least 4 members (excludes halogenated alkanes) is 8. The van der Waals surface area contributed by atoms with Crippen LogP contribution in [0.25, 0.3) is 0 Å². The Morgan fingerprint density at radius 3 is 2.38 bits per heavy atom. The molecule has 1 rings (SSSR count). The van der Waals surface area contributed by atoms with Crippen LogP contribution in [-0.2, 0) is 6.42 Å². The lowest BCUT2D eigenvalue weighted by molar-refractivity contribution is 0.515. The normalized spacial score (nSPS) is 12.0. The molecule has 1 aromatic rings. The van der Waals surface area contributed by atoms with Gasteiger partial charge in [0, 0.05) is 6.42 Å². The molecule has 0 aliphatic carbocycles. The molecule has 0 fully saturated rings. The van der Waals surface area contributed by atoms with Crippen molar-refractivity contribution in [2.75, 3.05) is 0 Å². The molecule has 0 N–H and O–H groups in total. The lowest BCUT2D eigenvalue weighted by atomic mass is 10.0. The fourth-order valence-corrected chi connectivity index (χ4v) is 2.73. The zero-order valence-corrected chi connectivity index (χ0v) is 14.2. The lowest BCUT2D eigenvalue weighted by Crippen LogP contribution is -1.91. The fraction of sp³-hybridized carbons (Fsp3) is 0.700. The van der Waals surface area contributed by atoms with Gasteiger partial charge in [-0.15, -0.1) is 0 Å². The molecule has 0 bridgehead atoms. The van der Waals surface area contributed by atoms with Crippen LogP contribution < -0.4 is 0 Å². The number of rotatable bonds is 13. The average molecular weight is 290 g/mol. The first-order valence-electron chi connectivity index (χ1n) is 9.07. The molecule has 1 nitrogen and oxygen atoms in total. The summed E-state index contributed by atoms with van der Waals surface area (Å²) in [6.07, 6.45) is 20.0.